The number of carbonyl (C=O) groups is 1. The minimum absolute atomic E-state index is 0. The van der Waals surface area contributed by atoms with Crippen LogP contribution >= 0.6 is 12.4 Å². The van der Waals surface area contributed by atoms with Crippen LogP contribution in [0.3, 0.4) is 0 Å². The van der Waals surface area contributed by atoms with Crippen LogP contribution < -0.4 is 10.5 Å². The Labute approximate surface area is 136 Å². The molecule has 1 aliphatic rings. The number of hydrogen-bond acceptors (Lipinski definition) is 5. The second-order valence-electron chi connectivity index (χ2n) is 5.49. The Morgan fingerprint density at radius 3 is 2.64 bits per heavy atom. The molecule has 1 fully saturated rings. The zero-order chi connectivity index (χ0) is 15.5. The molecule has 0 aliphatic heterocycles. The van der Waals surface area contributed by atoms with Gasteiger partial charge in [0.05, 0.1) is 18.4 Å². The van der Waals surface area contributed by atoms with Crippen LogP contribution in [-0.2, 0) is 20.5 Å². The number of nitrogens with one attached hydrogen (secondary N) is 1. The lowest BCUT2D eigenvalue weighted by atomic mass is 9.78. The summed E-state index contributed by atoms with van der Waals surface area (Å²) in [6.45, 7) is 0.256. The van der Waals surface area contributed by atoms with Crippen molar-refractivity contribution in [1.82, 2.24) is 4.72 Å². The molecular formula is C14H21ClN2O4S. The summed E-state index contributed by atoms with van der Waals surface area (Å²) in [5, 5.41) is 0. The predicted octanol–water partition coefficient (Wildman–Crippen LogP) is 1.20. The quantitative estimate of drug-likeness (QED) is 0.752. The van der Waals surface area contributed by atoms with E-state index in [0.717, 1.165) is 19.3 Å². The maximum Gasteiger partial charge on any atom is 0.337 e. The Bertz CT molecular complexity index is 629. The van der Waals surface area contributed by atoms with Gasteiger partial charge >= 0.3 is 5.97 Å². The zero-order valence-electron chi connectivity index (χ0n) is 12.4. The van der Waals surface area contributed by atoms with Crippen molar-refractivity contribution in [2.75, 3.05) is 13.7 Å². The maximum atomic E-state index is 12.1. The highest BCUT2D eigenvalue weighted by molar-refractivity contribution is 7.88. The van der Waals surface area contributed by atoms with Crippen LogP contribution in [0.4, 0.5) is 0 Å². The summed E-state index contributed by atoms with van der Waals surface area (Å²) < 4.78 is 31.3. The lowest BCUT2D eigenvalue weighted by Gasteiger charge is -2.38. The monoisotopic (exact) mass is 348 g/mol. The van der Waals surface area contributed by atoms with Crippen molar-refractivity contribution in [2.24, 2.45) is 5.73 Å². The van der Waals surface area contributed by atoms with Crippen molar-refractivity contribution in [3.63, 3.8) is 0 Å². The molecule has 22 heavy (non-hydrogen) atoms. The van der Waals surface area contributed by atoms with Gasteiger partial charge in [-0.1, -0.05) is 12.1 Å². The number of rotatable bonds is 6. The number of carbonyl (C=O) groups excluding carboxylic acids is 1. The minimum Gasteiger partial charge on any atom is -0.465 e. The summed E-state index contributed by atoms with van der Waals surface area (Å²) in [5.74, 6) is -0.675. The fourth-order valence-electron chi connectivity index (χ4n) is 2.24. The lowest BCUT2D eigenvalue weighted by molar-refractivity contribution is 0.0600. The fourth-order valence-corrected chi connectivity index (χ4v) is 3.47. The normalized spacial score (nSPS) is 16.3. The molecule has 1 aliphatic carbocycles. The molecule has 0 spiro atoms. The van der Waals surface area contributed by atoms with Gasteiger partial charge in [-0.2, -0.15) is 0 Å². The molecule has 1 aromatic rings. The number of nitrogens with two attached hydrogens (primary N) is 1. The molecule has 0 heterocycles. The van der Waals surface area contributed by atoms with E-state index in [1.165, 1.54) is 13.2 Å². The van der Waals surface area contributed by atoms with E-state index in [4.69, 9.17) is 5.73 Å². The van der Waals surface area contributed by atoms with E-state index in [1.807, 2.05) is 0 Å². The van der Waals surface area contributed by atoms with Crippen LogP contribution in [0.15, 0.2) is 24.3 Å². The Kier molecular flexibility index (Phi) is 6.37. The highest BCUT2D eigenvalue weighted by atomic mass is 35.5. The first-order valence-electron chi connectivity index (χ1n) is 6.77. The van der Waals surface area contributed by atoms with Gasteiger partial charge < -0.3 is 10.5 Å². The zero-order valence-corrected chi connectivity index (χ0v) is 14.0. The van der Waals surface area contributed by atoms with Gasteiger partial charge in [-0.05, 0) is 37.0 Å². The Morgan fingerprint density at radius 1 is 1.41 bits per heavy atom. The second-order valence-corrected chi connectivity index (χ2v) is 7.29. The molecule has 1 saturated carbocycles. The van der Waals surface area contributed by atoms with Gasteiger partial charge in [0.2, 0.25) is 10.0 Å². The van der Waals surface area contributed by atoms with Crippen molar-refractivity contribution >= 4 is 28.4 Å². The van der Waals surface area contributed by atoms with E-state index in [9.17, 15) is 13.2 Å². The van der Waals surface area contributed by atoms with Crippen molar-refractivity contribution in [3.8, 4) is 0 Å². The standard InChI is InChI=1S/C14H20N2O4S.ClH/c1-20-13(17)12-5-2-4-11(8-12)9-21(18,19)16-10-14(15)6-3-7-14;/h2,4-5,8,16H,3,6-7,9-10,15H2,1H3;1H. The highest BCUT2D eigenvalue weighted by Gasteiger charge is 2.33. The van der Waals surface area contributed by atoms with Crippen molar-refractivity contribution < 1.29 is 17.9 Å². The van der Waals surface area contributed by atoms with Gasteiger partial charge in [-0.3, -0.25) is 0 Å². The summed E-state index contributed by atoms with van der Waals surface area (Å²) in [7, 11) is -2.19. The number of ether oxygens (including phenoxy) is 1. The number of hydrogen-bond donors (Lipinski definition) is 2. The first-order chi connectivity index (χ1) is 9.84. The SMILES string of the molecule is COC(=O)c1cccc(CS(=O)(=O)NCC2(N)CCC2)c1.Cl. The largest absolute Gasteiger partial charge is 0.465 e. The van der Waals surface area contributed by atoms with Crippen LogP contribution in [0, 0.1) is 0 Å². The molecule has 0 atom stereocenters. The van der Waals surface area contributed by atoms with Gasteiger partial charge in [0.1, 0.15) is 0 Å². The Hall–Kier alpha value is -1.15. The molecule has 3 N–H and O–H groups in total. The third-order valence-corrected chi connectivity index (χ3v) is 5.00. The molecular weight excluding hydrogens is 328 g/mol. The van der Waals surface area contributed by atoms with E-state index in [-0.39, 0.29) is 24.7 Å². The van der Waals surface area contributed by atoms with Crippen LogP contribution in [0.1, 0.15) is 35.2 Å². The summed E-state index contributed by atoms with van der Waals surface area (Å²) in [6, 6.07) is 6.39. The summed E-state index contributed by atoms with van der Waals surface area (Å²) in [4.78, 5) is 11.4. The van der Waals surface area contributed by atoms with E-state index in [0.29, 0.717) is 11.1 Å². The molecule has 0 saturated heterocycles. The molecule has 1 aromatic carbocycles. The van der Waals surface area contributed by atoms with Crippen LogP contribution in [0.2, 0.25) is 0 Å². The van der Waals surface area contributed by atoms with Gasteiger partial charge in [0, 0.05) is 12.1 Å². The molecule has 0 bridgehead atoms. The maximum absolute atomic E-state index is 12.1. The molecule has 124 valence electrons. The molecule has 0 unspecified atom stereocenters. The van der Waals surface area contributed by atoms with Crippen molar-refractivity contribution in [2.45, 2.75) is 30.6 Å². The van der Waals surface area contributed by atoms with Crippen molar-refractivity contribution in [1.29, 1.82) is 0 Å². The van der Waals surface area contributed by atoms with E-state index in [1.54, 1.807) is 18.2 Å². The van der Waals surface area contributed by atoms with Gasteiger partial charge in [-0.25, -0.2) is 17.9 Å². The Balaban J connectivity index is 0.00000242. The summed E-state index contributed by atoms with van der Waals surface area (Å²) >= 11 is 0. The third kappa shape index (κ3) is 4.95. The fraction of sp³-hybridized carbons (Fsp3) is 0.500. The van der Waals surface area contributed by atoms with Gasteiger partial charge in [0.15, 0.2) is 0 Å². The average Bonchev–Trinajstić information content (AvgIpc) is 2.42. The number of esters is 1. The lowest BCUT2D eigenvalue weighted by Crippen LogP contribution is -2.54. The first-order valence-corrected chi connectivity index (χ1v) is 8.42. The van der Waals surface area contributed by atoms with Crippen LogP contribution in [0.5, 0.6) is 0 Å². The van der Waals surface area contributed by atoms with Gasteiger partial charge in [0.25, 0.3) is 0 Å². The van der Waals surface area contributed by atoms with E-state index >= 15 is 0 Å². The van der Waals surface area contributed by atoms with Crippen molar-refractivity contribution in [3.05, 3.63) is 35.4 Å². The van der Waals surface area contributed by atoms with Gasteiger partial charge in [-0.15, -0.1) is 12.4 Å². The number of halogens is 1. The molecule has 0 radical (unpaired) electrons. The topological polar surface area (TPSA) is 98.5 Å². The van der Waals surface area contributed by atoms with E-state index < -0.39 is 21.5 Å². The van der Waals surface area contributed by atoms with Crippen LogP contribution in [-0.4, -0.2) is 33.6 Å². The first kappa shape index (κ1) is 18.9. The van der Waals surface area contributed by atoms with Crippen LogP contribution in [0.25, 0.3) is 0 Å². The summed E-state index contributed by atoms with van der Waals surface area (Å²) in [6.07, 6.45) is 2.72. The molecule has 0 aromatic heterocycles. The Morgan fingerprint density at radius 2 is 2.09 bits per heavy atom. The predicted molar refractivity (Wildman–Crippen MR) is 86.4 cm³/mol. The number of benzene rings is 1. The smallest absolute Gasteiger partial charge is 0.337 e. The molecule has 6 nitrogen and oxygen atoms in total. The average molecular weight is 349 g/mol. The molecule has 2 rings (SSSR count). The number of sulfonamides is 1. The number of methoxy groups -OCH3 is 1. The summed E-state index contributed by atoms with van der Waals surface area (Å²) in [5.41, 5.74) is 6.46. The minimum atomic E-state index is -3.48. The van der Waals surface area contributed by atoms with E-state index in [2.05, 4.69) is 9.46 Å². The third-order valence-electron chi connectivity index (χ3n) is 3.70. The second kappa shape index (κ2) is 7.41. The molecule has 0 amide bonds. The molecule has 8 heteroatoms. The highest BCUT2D eigenvalue weighted by Crippen LogP contribution is 2.28.